The number of morpholine rings is 1. The lowest BCUT2D eigenvalue weighted by atomic mass is 9.98. The highest BCUT2D eigenvalue weighted by Crippen LogP contribution is 2.45. The molecule has 1 saturated heterocycles. The number of benzene rings is 3. The van der Waals surface area contributed by atoms with Gasteiger partial charge in [-0.15, -0.1) is 0 Å². The highest BCUT2D eigenvalue weighted by molar-refractivity contribution is 7.99. The Morgan fingerprint density at radius 3 is 2.64 bits per heavy atom. The first kappa shape index (κ1) is 22.9. The number of nitrogens with zero attached hydrogens (tertiary/aromatic N) is 1. The number of hydrogen-bond acceptors (Lipinski definition) is 5. The van der Waals surface area contributed by atoms with E-state index in [1.807, 2.05) is 18.2 Å². The molecule has 2 aliphatic heterocycles. The fourth-order valence-electron chi connectivity index (χ4n) is 4.68. The summed E-state index contributed by atoms with van der Waals surface area (Å²) in [6.07, 6.45) is 0. The molecule has 3 N–H and O–H groups in total. The molecule has 3 heterocycles. The molecule has 1 amide bonds. The molecule has 4 aromatic rings. The van der Waals surface area contributed by atoms with Crippen molar-refractivity contribution >= 4 is 45.5 Å². The van der Waals surface area contributed by atoms with Gasteiger partial charge in [-0.05, 0) is 53.1 Å². The average Bonchev–Trinajstić information content (AvgIpc) is 3.35. The molecule has 0 aliphatic carbocycles. The van der Waals surface area contributed by atoms with Gasteiger partial charge in [-0.1, -0.05) is 48.7 Å². The lowest BCUT2D eigenvalue weighted by Crippen LogP contribution is -2.41. The van der Waals surface area contributed by atoms with Gasteiger partial charge in [0.1, 0.15) is 5.69 Å². The van der Waals surface area contributed by atoms with Gasteiger partial charge in [0, 0.05) is 46.9 Å². The summed E-state index contributed by atoms with van der Waals surface area (Å²) in [6.45, 7) is 9.19. The van der Waals surface area contributed by atoms with Crippen molar-refractivity contribution in [1.29, 1.82) is 0 Å². The van der Waals surface area contributed by atoms with Gasteiger partial charge in [-0.2, -0.15) is 0 Å². The zero-order valence-corrected chi connectivity index (χ0v) is 20.8. The molecule has 0 saturated carbocycles. The van der Waals surface area contributed by atoms with Crippen LogP contribution in [-0.4, -0.2) is 55.2 Å². The fourth-order valence-corrected chi connectivity index (χ4v) is 5.65. The van der Waals surface area contributed by atoms with E-state index in [9.17, 15) is 4.79 Å². The van der Waals surface area contributed by atoms with E-state index in [-0.39, 0.29) is 5.91 Å². The van der Waals surface area contributed by atoms with E-state index in [0.717, 1.165) is 71.8 Å². The number of anilines is 2. The van der Waals surface area contributed by atoms with Crippen molar-refractivity contribution in [3.05, 3.63) is 90.1 Å². The summed E-state index contributed by atoms with van der Waals surface area (Å²) in [6, 6.07) is 22.8. The predicted octanol–water partition coefficient (Wildman–Crippen LogP) is 5.50. The van der Waals surface area contributed by atoms with Gasteiger partial charge < -0.3 is 20.4 Å². The maximum atomic E-state index is 12.7. The van der Waals surface area contributed by atoms with Crippen molar-refractivity contribution < 1.29 is 9.53 Å². The minimum atomic E-state index is -0.0848. The topological polar surface area (TPSA) is 69.4 Å². The van der Waals surface area contributed by atoms with Gasteiger partial charge in [0.2, 0.25) is 0 Å². The number of para-hydroxylation sites is 1. The Morgan fingerprint density at radius 1 is 0.972 bits per heavy atom. The maximum absolute atomic E-state index is 12.7. The van der Waals surface area contributed by atoms with Crippen LogP contribution >= 0.6 is 11.8 Å². The van der Waals surface area contributed by atoms with E-state index in [4.69, 9.17) is 4.74 Å². The summed E-state index contributed by atoms with van der Waals surface area (Å²) in [7, 11) is 0. The fraction of sp³-hybridized carbons (Fsp3) is 0.207. The number of fused-ring (bicyclic) bond motifs is 3. The molecule has 36 heavy (non-hydrogen) atoms. The number of carbonyl (C=O) groups is 1. The third-order valence-electron chi connectivity index (χ3n) is 6.74. The number of rotatable bonds is 6. The molecule has 6 rings (SSSR count). The molecule has 6 nitrogen and oxygen atoms in total. The largest absolute Gasteiger partial charge is 0.379 e. The Morgan fingerprint density at radius 2 is 1.75 bits per heavy atom. The van der Waals surface area contributed by atoms with Crippen LogP contribution in [0.1, 0.15) is 21.6 Å². The van der Waals surface area contributed by atoms with E-state index < -0.39 is 0 Å². The number of hydrogen-bond donors (Lipinski definition) is 3. The van der Waals surface area contributed by atoms with Crippen LogP contribution in [-0.2, 0) is 4.74 Å². The first-order valence-electron chi connectivity index (χ1n) is 12.2. The van der Waals surface area contributed by atoms with Crippen molar-refractivity contribution in [1.82, 2.24) is 15.2 Å². The van der Waals surface area contributed by atoms with E-state index in [0.29, 0.717) is 12.2 Å². The van der Waals surface area contributed by atoms with Gasteiger partial charge in [0.15, 0.2) is 0 Å². The number of H-pyrrole nitrogens is 1. The van der Waals surface area contributed by atoms with Crippen molar-refractivity contribution in [2.45, 2.75) is 9.79 Å². The van der Waals surface area contributed by atoms with Crippen molar-refractivity contribution in [2.24, 2.45) is 0 Å². The van der Waals surface area contributed by atoms with Crippen LogP contribution < -0.4 is 10.6 Å². The molecule has 2 aliphatic rings. The zero-order chi connectivity index (χ0) is 24.5. The summed E-state index contributed by atoms with van der Waals surface area (Å²) in [5.74, 6) is -0.0848. The minimum absolute atomic E-state index is 0.0848. The molecule has 7 heteroatoms. The SMILES string of the molecule is C=C(c1ccc2c(c1)Nc1ccccc1S2)c1ccc2cc(C(=O)NCCN3CCOCC3)[nH]c2c1. The molecule has 1 aromatic heterocycles. The molecular weight excluding hydrogens is 468 g/mol. The Balaban J connectivity index is 1.15. The second-order valence-electron chi connectivity index (χ2n) is 9.11. The van der Waals surface area contributed by atoms with Gasteiger partial charge in [0.05, 0.1) is 24.6 Å². The standard InChI is InChI=1S/C29H28N4O2S/c1-19(21-8-9-28-25(17-21)31-23-4-2-3-5-27(23)36-28)20-6-7-22-18-26(32-24(22)16-20)29(34)30-10-11-33-12-14-35-15-13-33/h2-9,16-18,31-32H,1,10-15H2,(H,30,34). The lowest BCUT2D eigenvalue weighted by Gasteiger charge is -2.26. The quantitative estimate of drug-likeness (QED) is 0.290. The molecule has 0 bridgehead atoms. The van der Waals surface area contributed by atoms with Gasteiger partial charge >= 0.3 is 0 Å². The third kappa shape index (κ3) is 4.65. The average molecular weight is 497 g/mol. The highest BCUT2D eigenvalue weighted by Gasteiger charge is 2.17. The van der Waals surface area contributed by atoms with Crippen LogP contribution in [0.25, 0.3) is 16.5 Å². The Kier molecular flexibility index (Phi) is 6.27. The summed E-state index contributed by atoms with van der Waals surface area (Å²) >= 11 is 1.78. The normalized spacial score (nSPS) is 15.1. The van der Waals surface area contributed by atoms with Crippen LogP contribution in [0.15, 0.2) is 83.1 Å². The third-order valence-corrected chi connectivity index (χ3v) is 7.89. The number of aromatic amines is 1. The molecule has 0 atom stereocenters. The summed E-state index contributed by atoms with van der Waals surface area (Å²) in [5.41, 5.74) is 6.74. The first-order valence-corrected chi connectivity index (χ1v) is 13.0. The van der Waals surface area contributed by atoms with Crippen LogP contribution in [0.4, 0.5) is 11.4 Å². The zero-order valence-electron chi connectivity index (χ0n) is 20.0. The molecule has 1 fully saturated rings. The number of carbonyl (C=O) groups excluding carboxylic acids is 1. The number of aromatic nitrogens is 1. The number of ether oxygens (including phenoxy) is 1. The Bertz CT molecular complexity index is 1450. The molecule has 0 spiro atoms. The second-order valence-corrected chi connectivity index (χ2v) is 10.2. The highest BCUT2D eigenvalue weighted by atomic mass is 32.2. The van der Waals surface area contributed by atoms with Gasteiger partial charge in [-0.25, -0.2) is 0 Å². The Labute approximate surface area is 214 Å². The van der Waals surface area contributed by atoms with E-state index in [1.54, 1.807) is 11.8 Å². The molecule has 3 aromatic carbocycles. The molecule has 0 unspecified atom stereocenters. The van der Waals surface area contributed by atoms with Crippen LogP contribution in [0, 0.1) is 0 Å². The van der Waals surface area contributed by atoms with Gasteiger partial charge in [-0.3, -0.25) is 9.69 Å². The summed E-state index contributed by atoms with van der Waals surface area (Å²) in [4.78, 5) is 20.7. The van der Waals surface area contributed by atoms with Crippen molar-refractivity contribution in [2.75, 3.05) is 44.7 Å². The summed E-state index contributed by atoms with van der Waals surface area (Å²) in [5, 5.41) is 7.58. The number of amides is 1. The monoisotopic (exact) mass is 496 g/mol. The van der Waals surface area contributed by atoms with Crippen LogP contribution in [0.5, 0.6) is 0 Å². The van der Waals surface area contributed by atoms with Crippen LogP contribution in [0.2, 0.25) is 0 Å². The smallest absolute Gasteiger partial charge is 0.267 e. The minimum Gasteiger partial charge on any atom is -0.379 e. The number of nitrogens with one attached hydrogen (secondary N) is 3. The Hall–Kier alpha value is -3.52. The first-order chi connectivity index (χ1) is 17.6. The second kappa shape index (κ2) is 9.85. The molecule has 182 valence electrons. The van der Waals surface area contributed by atoms with Crippen molar-refractivity contribution in [3.8, 4) is 0 Å². The van der Waals surface area contributed by atoms with E-state index in [2.05, 4.69) is 75.6 Å². The van der Waals surface area contributed by atoms with E-state index in [1.165, 1.54) is 9.79 Å². The maximum Gasteiger partial charge on any atom is 0.267 e. The van der Waals surface area contributed by atoms with Crippen molar-refractivity contribution in [3.63, 3.8) is 0 Å². The van der Waals surface area contributed by atoms with Crippen LogP contribution in [0.3, 0.4) is 0 Å². The summed E-state index contributed by atoms with van der Waals surface area (Å²) < 4.78 is 5.38. The molecular formula is C29H28N4O2S. The predicted molar refractivity (Wildman–Crippen MR) is 146 cm³/mol. The van der Waals surface area contributed by atoms with Gasteiger partial charge in [0.25, 0.3) is 5.91 Å². The van der Waals surface area contributed by atoms with E-state index >= 15 is 0 Å². The molecule has 0 radical (unpaired) electrons. The lowest BCUT2D eigenvalue weighted by molar-refractivity contribution is 0.0383.